The van der Waals surface area contributed by atoms with Gasteiger partial charge in [-0.2, -0.15) is 0 Å². The van der Waals surface area contributed by atoms with Crippen LogP contribution in [-0.2, 0) is 6.42 Å². The highest BCUT2D eigenvalue weighted by Crippen LogP contribution is 2.29. The summed E-state index contributed by atoms with van der Waals surface area (Å²) in [7, 11) is 0. The molecule has 1 aromatic heterocycles. The van der Waals surface area contributed by atoms with E-state index in [1.54, 1.807) is 18.2 Å². The van der Waals surface area contributed by atoms with Gasteiger partial charge in [-0.25, -0.2) is 14.5 Å². The molecule has 0 aliphatic carbocycles. The zero-order valence-corrected chi connectivity index (χ0v) is 11.7. The van der Waals surface area contributed by atoms with Crippen molar-refractivity contribution in [3.05, 3.63) is 39.3 Å². The van der Waals surface area contributed by atoms with E-state index >= 15 is 0 Å². The number of aromatic carboxylic acids is 1. The molecule has 2 rings (SSSR count). The quantitative estimate of drug-likeness (QED) is 0.939. The van der Waals surface area contributed by atoms with Crippen LogP contribution in [0.15, 0.2) is 22.7 Å². The Morgan fingerprint density at radius 1 is 1.56 bits per heavy atom. The second-order valence-corrected chi connectivity index (χ2v) is 4.70. The van der Waals surface area contributed by atoms with Gasteiger partial charge in [-0.3, -0.25) is 0 Å². The van der Waals surface area contributed by atoms with Crippen LogP contribution in [-0.4, -0.2) is 25.8 Å². The highest BCUT2D eigenvalue weighted by Gasteiger charge is 2.17. The monoisotopic (exact) mass is 329 g/mol. The number of hydrogen-bond donors (Lipinski definition) is 1. The molecule has 2 aromatic rings. The van der Waals surface area contributed by atoms with Gasteiger partial charge in [-0.1, -0.05) is 24.6 Å². The molecule has 0 amide bonds. The maximum Gasteiger partial charge on any atom is 0.375 e. The summed E-state index contributed by atoms with van der Waals surface area (Å²) in [5.74, 6) is -0.810. The Kier molecular flexibility index (Phi) is 3.68. The van der Waals surface area contributed by atoms with Gasteiger partial charge in [0.2, 0.25) is 0 Å². The van der Waals surface area contributed by atoms with E-state index in [1.807, 2.05) is 6.92 Å². The van der Waals surface area contributed by atoms with Gasteiger partial charge < -0.3 is 5.11 Å². The molecule has 0 fully saturated rings. The van der Waals surface area contributed by atoms with E-state index in [-0.39, 0.29) is 5.82 Å². The lowest BCUT2D eigenvalue weighted by Crippen LogP contribution is -2.04. The van der Waals surface area contributed by atoms with Crippen LogP contribution in [0, 0.1) is 0 Å². The van der Waals surface area contributed by atoms with Gasteiger partial charge in [-0.05, 0) is 28.1 Å². The number of halogens is 2. The first-order valence-electron chi connectivity index (χ1n) is 5.18. The third kappa shape index (κ3) is 2.26. The van der Waals surface area contributed by atoms with Crippen molar-refractivity contribution >= 4 is 33.5 Å². The Bertz CT molecular complexity index is 612. The molecule has 0 unspecified atom stereocenters. The molecule has 0 atom stereocenters. The number of carboxylic acids is 1. The minimum absolute atomic E-state index is 0.223. The summed E-state index contributed by atoms with van der Waals surface area (Å²) in [6, 6.07) is 5.29. The van der Waals surface area contributed by atoms with Gasteiger partial charge in [0.05, 0.1) is 15.2 Å². The van der Waals surface area contributed by atoms with Crippen LogP contribution in [0.1, 0.15) is 23.4 Å². The lowest BCUT2D eigenvalue weighted by molar-refractivity contribution is 0.0683. The molecule has 0 radical (unpaired) electrons. The maximum atomic E-state index is 10.9. The SMILES string of the molecule is CCc1nc(C(=O)O)nn1-c1cccc(Cl)c1Br. The number of nitrogens with zero attached hydrogens (tertiary/aromatic N) is 3. The Morgan fingerprint density at radius 2 is 2.28 bits per heavy atom. The van der Waals surface area contributed by atoms with E-state index in [4.69, 9.17) is 16.7 Å². The minimum Gasteiger partial charge on any atom is -0.475 e. The molecular formula is C11H9BrClN3O2. The average Bonchev–Trinajstić information content (AvgIpc) is 2.76. The van der Waals surface area contributed by atoms with E-state index in [2.05, 4.69) is 26.0 Å². The Morgan fingerprint density at radius 3 is 2.89 bits per heavy atom. The fourth-order valence-corrected chi connectivity index (χ4v) is 2.11. The smallest absolute Gasteiger partial charge is 0.375 e. The molecular weight excluding hydrogens is 321 g/mol. The molecule has 18 heavy (non-hydrogen) atoms. The van der Waals surface area contributed by atoms with Crippen molar-refractivity contribution in [3.8, 4) is 5.69 Å². The highest BCUT2D eigenvalue weighted by molar-refractivity contribution is 9.10. The molecule has 1 N–H and O–H groups in total. The van der Waals surface area contributed by atoms with Crippen LogP contribution in [0.25, 0.3) is 5.69 Å². The zero-order chi connectivity index (χ0) is 13.3. The lowest BCUT2D eigenvalue weighted by Gasteiger charge is -2.07. The molecule has 5 nitrogen and oxygen atoms in total. The van der Waals surface area contributed by atoms with Crippen molar-refractivity contribution in [2.45, 2.75) is 13.3 Å². The van der Waals surface area contributed by atoms with Gasteiger partial charge in [0.1, 0.15) is 5.82 Å². The number of rotatable bonds is 3. The largest absolute Gasteiger partial charge is 0.475 e. The maximum absolute atomic E-state index is 10.9. The molecule has 94 valence electrons. The summed E-state index contributed by atoms with van der Waals surface area (Å²) >= 11 is 9.36. The summed E-state index contributed by atoms with van der Waals surface area (Å²) in [4.78, 5) is 14.9. The highest BCUT2D eigenvalue weighted by atomic mass is 79.9. The molecule has 1 heterocycles. The first-order valence-corrected chi connectivity index (χ1v) is 6.35. The van der Waals surface area contributed by atoms with Crippen LogP contribution < -0.4 is 0 Å². The van der Waals surface area contributed by atoms with E-state index in [9.17, 15) is 4.79 Å². The second kappa shape index (κ2) is 5.07. The van der Waals surface area contributed by atoms with Crippen LogP contribution in [0.4, 0.5) is 0 Å². The van der Waals surface area contributed by atoms with Gasteiger partial charge in [0.15, 0.2) is 0 Å². The van der Waals surface area contributed by atoms with Crippen molar-refractivity contribution in [1.29, 1.82) is 0 Å². The van der Waals surface area contributed by atoms with Crippen LogP contribution in [0.5, 0.6) is 0 Å². The first kappa shape index (κ1) is 13.0. The average molecular weight is 331 g/mol. The Balaban J connectivity index is 2.63. The minimum atomic E-state index is -1.15. The van der Waals surface area contributed by atoms with Crippen molar-refractivity contribution in [2.75, 3.05) is 0 Å². The fraction of sp³-hybridized carbons (Fsp3) is 0.182. The number of carbonyl (C=O) groups is 1. The number of aromatic nitrogens is 3. The van der Waals surface area contributed by atoms with Crippen LogP contribution in [0.3, 0.4) is 0 Å². The third-order valence-corrected chi connectivity index (χ3v) is 3.72. The summed E-state index contributed by atoms with van der Waals surface area (Å²) < 4.78 is 2.14. The van der Waals surface area contributed by atoms with Gasteiger partial charge in [-0.15, -0.1) is 5.10 Å². The summed E-state index contributed by atoms with van der Waals surface area (Å²) in [5, 5.41) is 13.4. The first-order chi connectivity index (χ1) is 8.54. The van der Waals surface area contributed by atoms with Crippen molar-refractivity contribution in [1.82, 2.24) is 14.8 Å². The van der Waals surface area contributed by atoms with E-state index in [0.29, 0.717) is 27.4 Å². The van der Waals surface area contributed by atoms with Gasteiger partial charge in [0.25, 0.3) is 5.82 Å². The van der Waals surface area contributed by atoms with Crippen molar-refractivity contribution in [2.24, 2.45) is 0 Å². The molecule has 0 saturated heterocycles. The summed E-state index contributed by atoms with van der Waals surface area (Å²) in [6.07, 6.45) is 0.569. The normalized spacial score (nSPS) is 10.6. The molecule has 0 saturated carbocycles. The van der Waals surface area contributed by atoms with Gasteiger partial charge in [0, 0.05) is 6.42 Å². The van der Waals surface area contributed by atoms with Crippen LogP contribution in [0.2, 0.25) is 5.02 Å². The Labute approximate surface area is 117 Å². The standard InChI is InChI=1S/C11H9BrClN3O2/c1-2-8-14-10(11(17)18)15-16(8)7-5-3-4-6(13)9(7)12/h3-5H,2H2,1H3,(H,17,18). The predicted octanol–water partition coefficient (Wildman–Crippen LogP) is 2.94. The fourth-order valence-electron chi connectivity index (χ4n) is 1.51. The number of aryl methyl sites for hydroxylation is 1. The molecule has 0 aliphatic heterocycles. The lowest BCUT2D eigenvalue weighted by atomic mass is 10.3. The predicted molar refractivity (Wildman–Crippen MR) is 70.4 cm³/mol. The number of hydrogen-bond acceptors (Lipinski definition) is 3. The topological polar surface area (TPSA) is 68.0 Å². The summed E-state index contributed by atoms with van der Waals surface area (Å²) in [5.41, 5.74) is 0.666. The molecule has 0 spiro atoms. The number of carboxylic acid groups (broad SMARTS) is 1. The van der Waals surface area contributed by atoms with E-state index < -0.39 is 5.97 Å². The van der Waals surface area contributed by atoms with Crippen molar-refractivity contribution in [3.63, 3.8) is 0 Å². The van der Waals surface area contributed by atoms with Crippen LogP contribution >= 0.6 is 27.5 Å². The molecule has 7 heteroatoms. The van der Waals surface area contributed by atoms with E-state index in [1.165, 1.54) is 4.68 Å². The van der Waals surface area contributed by atoms with E-state index in [0.717, 1.165) is 0 Å². The Hall–Kier alpha value is -1.40. The summed E-state index contributed by atoms with van der Waals surface area (Å²) in [6.45, 7) is 1.88. The van der Waals surface area contributed by atoms with Gasteiger partial charge >= 0.3 is 5.97 Å². The number of benzene rings is 1. The molecule has 1 aromatic carbocycles. The zero-order valence-electron chi connectivity index (χ0n) is 9.39. The second-order valence-electron chi connectivity index (χ2n) is 3.50. The third-order valence-electron chi connectivity index (χ3n) is 2.34. The van der Waals surface area contributed by atoms with Crippen molar-refractivity contribution < 1.29 is 9.90 Å². The molecule has 0 bridgehead atoms. The molecule has 0 aliphatic rings.